The standard InChI is InChI=1S/C27H23FN6O/c28-20-10-19(12-29-13-20)25-32-26-24(18-7-8-35-15-18)14-30-34(26)27(33-25)31-21-6-5-17-9-16-3-1-2-4-22(16)23(17)11-21/h1-4,7,10,12-14,21H,5-6,8-9,11,15H2,(H,31,32,33)/t21-/m1/s1. The van der Waals surface area contributed by atoms with Gasteiger partial charge in [0.1, 0.15) is 5.82 Å². The summed E-state index contributed by atoms with van der Waals surface area (Å²) >= 11 is 0. The number of nitrogens with zero attached hydrogens (tertiary/aromatic N) is 5. The largest absolute Gasteiger partial charge is 0.373 e. The molecule has 4 heterocycles. The van der Waals surface area contributed by atoms with Gasteiger partial charge in [-0.05, 0) is 54.0 Å². The summed E-state index contributed by atoms with van der Waals surface area (Å²) in [6.45, 7) is 1.09. The first-order chi connectivity index (χ1) is 17.2. The second-order valence-corrected chi connectivity index (χ2v) is 9.30. The average molecular weight is 467 g/mol. The fourth-order valence-electron chi connectivity index (χ4n) is 5.43. The highest BCUT2D eigenvalue weighted by Gasteiger charge is 2.29. The minimum Gasteiger partial charge on any atom is -0.373 e. The third-order valence-corrected chi connectivity index (χ3v) is 7.13. The molecule has 0 fully saturated rings. The van der Waals surface area contributed by atoms with Crippen LogP contribution in [0, 0.1) is 5.82 Å². The fraction of sp³-hybridized carbons (Fsp3) is 0.259. The van der Waals surface area contributed by atoms with Gasteiger partial charge in [0, 0.05) is 23.4 Å². The lowest BCUT2D eigenvalue weighted by Gasteiger charge is -2.26. The van der Waals surface area contributed by atoms with Gasteiger partial charge in [-0.15, -0.1) is 0 Å². The van der Waals surface area contributed by atoms with Gasteiger partial charge in [-0.25, -0.2) is 9.37 Å². The summed E-state index contributed by atoms with van der Waals surface area (Å²) in [5.74, 6) is 0.586. The van der Waals surface area contributed by atoms with Crippen LogP contribution in [0.25, 0.3) is 28.2 Å². The van der Waals surface area contributed by atoms with Gasteiger partial charge >= 0.3 is 0 Å². The van der Waals surface area contributed by atoms with Crippen LogP contribution in [0.1, 0.15) is 36.0 Å². The first-order valence-electron chi connectivity index (χ1n) is 11.9. The van der Waals surface area contributed by atoms with Gasteiger partial charge in [0.25, 0.3) is 0 Å². The highest BCUT2D eigenvalue weighted by Crippen LogP contribution is 2.42. The molecule has 1 aromatic carbocycles. The minimum atomic E-state index is -0.423. The molecule has 0 radical (unpaired) electrons. The molecule has 1 aliphatic heterocycles. The summed E-state index contributed by atoms with van der Waals surface area (Å²) in [5, 5.41) is 8.26. The zero-order chi connectivity index (χ0) is 23.4. The number of nitrogens with one attached hydrogen (secondary N) is 1. The van der Waals surface area contributed by atoms with Gasteiger partial charge in [0.05, 0.1) is 25.6 Å². The Morgan fingerprint density at radius 3 is 2.91 bits per heavy atom. The van der Waals surface area contributed by atoms with E-state index in [2.05, 4.69) is 39.7 Å². The summed E-state index contributed by atoms with van der Waals surface area (Å²) in [6, 6.07) is 10.3. The van der Waals surface area contributed by atoms with Crippen molar-refractivity contribution >= 4 is 22.7 Å². The summed E-state index contributed by atoms with van der Waals surface area (Å²) < 4.78 is 21.2. The molecular weight excluding hydrogens is 443 g/mol. The number of pyridine rings is 1. The Hall–Kier alpha value is -3.91. The zero-order valence-electron chi connectivity index (χ0n) is 19.0. The lowest BCUT2D eigenvalue weighted by Crippen LogP contribution is -2.25. The fourth-order valence-corrected chi connectivity index (χ4v) is 5.43. The Labute approximate surface area is 201 Å². The maximum absolute atomic E-state index is 14.0. The van der Waals surface area contributed by atoms with Crippen LogP contribution in [-0.4, -0.2) is 43.8 Å². The molecular formula is C27H23FN6O. The van der Waals surface area contributed by atoms with E-state index < -0.39 is 5.82 Å². The molecule has 0 spiro atoms. The van der Waals surface area contributed by atoms with Gasteiger partial charge in [-0.1, -0.05) is 35.9 Å². The first-order valence-corrected chi connectivity index (χ1v) is 11.9. The van der Waals surface area contributed by atoms with Crippen molar-refractivity contribution in [3.63, 3.8) is 0 Å². The smallest absolute Gasteiger partial charge is 0.228 e. The van der Waals surface area contributed by atoms with E-state index in [1.54, 1.807) is 22.5 Å². The van der Waals surface area contributed by atoms with Crippen molar-refractivity contribution < 1.29 is 9.13 Å². The van der Waals surface area contributed by atoms with Crippen LogP contribution in [0.3, 0.4) is 0 Å². The van der Waals surface area contributed by atoms with Crippen molar-refractivity contribution in [2.24, 2.45) is 0 Å². The number of halogens is 1. The monoisotopic (exact) mass is 466 g/mol. The summed E-state index contributed by atoms with van der Waals surface area (Å²) in [6.07, 6.45) is 10.7. The van der Waals surface area contributed by atoms with Gasteiger partial charge in [0.2, 0.25) is 5.95 Å². The maximum Gasteiger partial charge on any atom is 0.228 e. The number of fused-ring (bicyclic) bond motifs is 3. The van der Waals surface area contributed by atoms with E-state index in [0.717, 1.165) is 36.8 Å². The van der Waals surface area contributed by atoms with E-state index in [9.17, 15) is 4.39 Å². The van der Waals surface area contributed by atoms with E-state index in [1.165, 1.54) is 29.0 Å². The van der Waals surface area contributed by atoms with E-state index in [1.807, 2.05) is 6.08 Å². The van der Waals surface area contributed by atoms with Crippen LogP contribution >= 0.6 is 0 Å². The quantitative estimate of drug-likeness (QED) is 0.469. The average Bonchev–Trinajstić information content (AvgIpc) is 3.62. The predicted octanol–water partition coefficient (Wildman–Crippen LogP) is 4.71. The Morgan fingerprint density at radius 2 is 2.03 bits per heavy atom. The number of ether oxygens (including phenoxy) is 1. The van der Waals surface area contributed by atoms with Crippen molar-refractivity contribution in [3.8, 4) is 11.4 Å². The van der Waals surface area contributed by atoms with E-state index in [4.69, 9.17) is 14.7 Å². The zero-order valence-corrected chi connectivity index (χ0v) is 19.0. The third kappa shape index (κ3) is 3.52. The lowest BCUT2D eigenvalue weighted by atomic mass is 9.88. The minimum absolute atomic E-state index is 0.207. The second-order valence-electron chi connectivity index (χ2n) is 9.30. The number of aromatic nitrogens is 5. The van der Waals surface area contributed by atoms with E-state index in [0.29, 0.717) is 36.2 Å². The molecule has 7 rings (SSSR count). The molecule has 0 unspecified atom stereocenters. The number of rotatable bonds is 4. The topological polar surface area (TPSA) is 77.2 Å². The molecule has 7 nitrogen and oxygen atoms in total. The molecule has 3 aromatic heterocycles. The summed E-state index contributed by atoms with van der Waals surface area (Å²) in [4.78, 5) is 13.5. The highest BCUT2D eigenvalue weighted by atomic mass is 19.1. The maximum atomic E-state index is 14.0. The van der Waals surface area contributed by atoms with Gasteiger partial charge in [-0.2, -0.15) is 14.6 Å². The number of anilines is 1. The molecule has 2 aliphatic carbocycles. The highest BCUT2D eigenvalue weighted by molar-refractivity contribution is 5.79. The molecule has 35 heavy (non-hydrogen) atoms. The Balaban J connectivity index is 1.28. The normalized spacial score (nSPS) is 19.1. The number of benzene rings is 1. The van der Waals surface area contributed by atoms with Crippen molar-refractivity contribution in [2.75, 3.05) is 18.5 Å². The third-order valence-electron chi connectivity index (χ3n) is 7.13. The van der Waals surface area contributed by atoms with Crippen molar-refractivity contribution in [1.29, 1.82) is 0 Å². The van der Waals surface area contributed by atoms with E-state index in [-0.39, 0.29) is 6.04 Å². The van der Waals surface area contributed by atoms with Crippen molar-refractivity contribution in [2.45, 2.75) is 31.7 Å². The molecule has 174 valence electrons. The second kappa shape index (κ2) is 8.09. The number of hydrogen-bond donors (Lipinski definition) is 1. The van der Waals surface area contributed by atoms with Gasteiger partial charge < -0.3 is 10.1 Å². The molecule has 8 heteroatoms. The van der Waals surface area contributed by atoms with Crippen LogP contribution in [0.4, 0.5) is 10.3 Å². The SMILES string of the molecule is Fc1cncc(-c2nc(N[C@@H]3CCC4=C(C3)c3ccccc3C4)n3ncc(C4=CCOC4)c3n2)c1. The molecule has 0 saturated heterocycles. The molecule has 1 N–H and O–H groups in total. The number of allylic oxidation sites excluding steroid dienone is 1. The Bertz CT molecular complexity index is 1540. The molecule has 0 bridgehead atoms. The van der Waals surface area contributed by atoms with Crippen molar-refractivity contribution in [1.82, 2.24) is 24.6 Å². The van der Waals surface area contributed by atoms with Crippen LogP contribution in [0.15, 0.2) is 60.6 Å². The van der Waals surface area contributed by atoms with Crippen LogP contribution < -0.4 is 5.32 Å². The van der Waals surface area contributed by atoms with Gasteiger partial charge in [-0.3, -0.25) is 4.98 Å². The lowest BCUT2D eigenvalue weighted by molar-refractivity contribution is 0.216. The van der Waals surface area contributed by atoms with Gasteiger partial charge in [0.15, 0.2) is 11.5 Å². The summed E-state index contributed by atoms with van der Waals surface area (Å²) in [5.41, 5.74) is 8.95. The molecule has 1 atom stereocenters. The molecule has 4 aromatic rings. The van der Waals surface area contributed by atoms with Crippen molar-refractivity contribution in [3.05, 3.63) is 83.1 Å². The first kappa shape index (κ1) is 20.5. The molecule has 3 aliphatic rings. The molecule has 0 amide bonds. The van der Waals surface area contributed by atoms with Crippen LogP contribution in [0.5, 0.6) is 0 Å². The molecule has 0 saturated carbocycles. The Morgan fingerprint density at radius 1 is 1.09 bits per heavy atom. The van der Waals surface area contributed by atoms with Crippen LogP contribution in [-0.2, 0) is 11.2 Å². The predicted molar refractivity (Wildman–Crippen MR) is 131 cm³/mol. The Kier molecular flexibility index (Phi) is 4.73. The van der Waals surface area contributed by atoms with E-state index >= 15 is 0 Å². The number of hydrogen-bond acceptors (Lipinski definition) is 6. The van der Waals surface area contributed by atoms with Crippen LogP contribution in [0.2, 0.25) is 0 Å². The summed E-state index contributed by atoms with van der Waals surface area (Å²) in [7, 11) is 0.